The van der Waals surface area contributed by atoms with Crippen molar-refractivity contribution in [3.8, 4) is 0 Å². The summed E-state index contributed by atoms with van der Waals surface area (Å²) in [6, 6.07) is 6.18. The number of carbonyl (C=O) groups is 2. The molecule has 4 nitrogen and oxygen atoms in total. The third kappa shape index (κ3) is 6.96. The van der Waals surface area contributed by atoms with Crippen LogP contribution in [0.4, 0.5) is 4.39 Å². The van der Waals surface area contributed by atoms with Gasteiger partial charge in [0.1, 0.15) is 5.82 Å². The molecule has 3 atom stereocenters. The average Bonchev–Trinajstić information content (AvgIpc) is 2.66. The molecule has 2 rings (SSSR count). The van der Waals surface area contributed by atoms with Crippen LogP contribution < -0.4 is 10.6 Å². The summed E-state index contributed by atoms with van der Waals surface area (Å²) in [4.78, 5) is 24.8. The lowest BCUT2D eigenvalue weighted by molar-refractivity contribution is -0.128. The Morgan fingerprint density at radius 3 is 2.33 bits per heavy atom. The Balaban J connectivity index is 1.96. The molecule has 0 bridgehead atoms. The number of allylic oxidation sites excluding steroid dienone is 1. The highest BCUT2D eigenvalue weighted by molar-refractivity contribution is 5.81. The van der Waals surface area contributed by atoms with Crippen molar-refractivity contribution in [2.75, 3.05) is 6.54 Å². The molecule has 0 fully saturated rings. The minimum Gasteiger partial charge on any atom is -0.355 e. The molecule has 0 unspecified atom stereocenters. The SMILES string of the molecule is CC1=C[C@@H](CNC(=O)C(C)(C)C)[C@H](C(C)C)C[C@H]1CC(=O)NCc1ccc(F)cc1. The number of amides is 2. The van der Waals surface area contributed by atoms with Gasteiger partial charge in [0, 0.05) is 24.9 Å². The number of benzene rings is 1. The van der Waals surface area contributed by atoms with Crippen LogP contribution >= 0.6 is 0 Å². The first kappa shape index (κ1) is 24.1. The quantitative estimate of drug-likeness (QED) is 0.624. The number of carbonyl (C=O) groups excluding carboxylic acids is 2. The first-order valence-corrected chi connectivity index (χ1v) is 10.9. The second-order valence-corrected chi connectivity index (χ2v) is 9.98. The van der Waals surface area contributed by atoms with Crippen LogP contribution in [0.5, 0.6) is 0 Å². The fourth-order valence-corrected chi connectivity index (χ4v) is 4.08. The average molecular weight is 417 g/mol. The van der Waals surface area contributed by atoms with Crippen molar-refractivity contribution in [3.05, 3.63) is 47.3 Å². The van der Waals surface area contributed by atoms with Crippen molar-refractivity contribution in [1.82, 2.24) is 10.6 Å². The normalized spacial score (nSPS) is 21.9. The molecule has 2 amide bonds. The van der Waals surface area contributed by atoms with Gasteiger partial charge in [-0.1, -0.05) is 58.4 Å². The molecular weight excluding hydrogens is 379 g/mol. The molecule has 5 heteroatoms. The molecule has 0 aromatic heterocycles. The predicted octanol–water partition coefficient (Wildman–Crippen LogP) is 4.85. The molecule has 1 aliphatic carbocycles. The van der Waals surface area contributed by atoms with Gasteiger partial charge in [-0.2, -0.15) is 0 Å². The summed E-state index contributed by atoms with van der Waals surface area (Å²) in [6.45, 7) is 13.3. The van der Waals surface area contributed by atoms with Gasteiger partial charge >= 0.3 is 0 Å². The fourth-order valence-electron chi connectivity index (χ4n) is 4.08. The Kier molecular flexibility index (Phi) is 8.22. The second-order valence-electron chi connectivity index (χ2n) is 9.98. The predicted molar refractivity (Wildman–Crippen MR) is 119 cm³/mol. The molecule has 1 aromatic rings. The Morgan fingerprint density at radius 2 is 1.77 bits per heavy atom. The first-order valence-electron chi connectivity index (χ1n) is 10.9. The highest BCUT2D eigenvalue weighted by Crippen LogP contribution is 2.38. The molecular formula is C25H37FN2O2. The van der Waals surface area contributed by atoms with Crippen LogP contribution in [0.2, 0.25) is 0 Å². The maximum atomic E-state index is 13.0. The van der Waals surface area contributed by atoms with Gasteiger partial charge in [-0.3, -0.25) is 9.59 Å². The molecule has 0 saturated carbocycles. The summed E-state index contributed by atoms with van der Waals surface area (Å²) in [5.41, 5.74) is 1.71. The summed E-state index contributed by atoms with van der Waals surface area (Å²) < 4.78 is 13.0. The largest absolute Gasteiger partial charge is 0.355 e. The van der Waals surface area contributed by atoms with Crippen molar-refractivity contribution >= 4 is 11.8 Å². The van der Waals surface area contributed by atoms with E-state index in [-0.39, 0.29) is 29.5 Å². The zero-order valence-electron chi connectivity index (χ0n) is 19.2. The number of rotatable bonds is 7. The molecule has 2 N–H and O–H groups in total. The van der Waals surface area contributed by atoms with E-state index in [0.29, 0.717) is 31.3 Å². The number of nitrogens with one attached hydrogen (secondary N) is 2. The lowest BCUT2D eigenvalue weighted by Gasteiger charge is -2.37. The van der Waals surface area contributed by atoms with E-state index in [1.54, 1.807) is 12.1 Å². The van der Waals surface area contributed by atoms with E-state index in [0.717, 1.165) is 12.0 Å². The molecule has 0 saturated heterocycles. The zero-order chi connectivity index (χ0) is 22.5. The van der Waals surface area contributed by atoms with E-state index in [1.165, 1.54) is 17.7 Å². The van der Waals surface area contributed by atoms with Crippen molar-refractivity contribution in [2.24, 2.45) is 29.1 Å². The smallest absolute Gasteiger partial charge is 0.225 e. The Hall–Kier alpha value is -2.17. The third-order valence-electron chi connectivity index (χ3n) is 6.10. The van der Waals surface area contributed by atoms with Crippen LogP contribution in [0.15, 0.2) is 35.9 Å². The molecule has 0 aliphatic heterocycles. The molecule has 0 radical (unpaired) electrons. The summed E-state index contributed by atoms with van der Waals surface area (Å²) >= 11 is 0. The monoisotopic (exact) mass is 416 g/mol. The summed E-state index contributed by atoms with van der Waals surface area (Å²) in [7, 11) is 0. The van der Waals surface area contributed by atoms with E-state index in [1.807, 2.05) is 20.8 Å². The van der Waals surface area contributed by atoms with Gasteiger partial charge < -0.3 is 10.6 Å². The molecule has 30 heavy (non-hydrogen) atoms. The van der Waals surface area contributed by atoms with Crippen molar-refractivity contribution < 1.29 is 14.0 Å². The topological polar surface area (TPSA) is 58.2 Å². The van der Waals surface area contributed by atoms with E-state index in [9.17, 15) is 14.0 Å². The summed E-state index contributed by atoms with van der Waals surface area (Å²) in [5.74, 6) is 1.19. The van der Waals surface area contributed by atoms with Gasteiger partial charge in [-0.15, -0.1) is 0 Å². The van der Waals surface area contributed by atoms with Gasteiger partial charge in [0.15, 0.2) is 0 Å². The number of hydrogen-bond donors (Lipinski definition) is 2. The highest BCUT2D eigenvalue weighted by Gasteiger charge is 2.33. The highest BCUT2D eigenvalue weighted by atomic mass is 19.1. The Labute approximate surface area is 180 Å². The van der Waals surface area contributed by atoms with Gasteiger partial charge in [0.2, 0.25) is 11.8 Å². The second kappa shape index (κ2) is 10.2. The van der Waals surface area contributed by atoms with Crippen LogP contribution in [0.25, 0.3) is 0 Å². The molecule has 0 heterocycles. The lowest BCUT2D eigenvalue weighted by atomic mass is 9.69. The summed E-state index contributed by atoms with van der Waals surface area (Å²) in [5, 5.41) is 6.06. The van der Waals surface area contributed by atoms with E-state index < -0.39 is 5.41 Å². The Morgan fingerprint density at radius 1 is 1.13 bits per heavy atom. The molecule has 1 aromatic carbocycles. The zero-order valence-corrected chi connectivity index (χ0v) is 19.2. The van der Waals surface area contributed by atoms with Gasteiger partial charge in [0.05, 0.1) is 0 Å². The number of halogens is 1. The van der Waals surface area contributed by atoms with Crippen molar-refractivity contribution in [3.63, 3.8) is 0 Å². The third-order valence-corrected chi connectivity index (χ3v) is 6.10. The summed E-state index contributed by atoms with van der Waals surface area (Å²) in [6.07, 6.45) is 3.66. The number of hydrogen-bond acceptors (Lipinski definition) is 2. The Bertz CT molecular complexity index is 762. The van der Waals surface area contributed by atoms with Crippen LogP contribution in [-0.4, -0.2) is 18.4 Å². The van der Waals surface area contributed by atoms with Crippen LogP contribution in [0, 0.1) is 34.9 Å². The lowest BCUT2D eigenvalue weighted by Crippen LogP contribution is -2.41. The van der Waals surface area contributed by atoms with Crippen LogP contribution in [-0.2, 0) is 16.1 Å². The van der Waals surface area contributed by atoms with Gasteiger partial charge in [0.25, 0.3) is 0 Å². The molecule has 1 aliphatic rings. The van der Waals surface area contributed by atoms with Gasteiger partial charge in [-0.25, -0.2) is 4.39 Å². The standard InChI is InChI=1S/C25H37FN2O2/c1-16(2)22-12-19(13-23(29)27-14-18-7-9-21(26)10-8-18)17(3)11-20(22)15-28-24(30)25(4,5)6/h7-11,16,19-20,22H,12-15H2,1-6H3,(H,27,29)(H,28,30)/t19-,20-,22-/m0/s1. The first-order chi connectivity index (χ1) is 14.0. The van der Waals surface area contributed by atoms with E-state index in [2.05, 4.69) is 37.5 Å². The molecule has 0 spiro atoms. The van der Waals surface area contributed by atoms with Crippen molar-refractivity contribution in [1.29, 1.82) is 0 Å². The maximum Gasteiger partial charge on any atom is 0.225 e. The minimum absolute atomic E-state index is 0.0130. The van der Waals surface area contributed by atoms with Gasteiger partial charge in [-0.05, 0) is 54.7 Å². The maximum absolute atomic E-state index is 13.0. The minimum atomic E-state index is -0.397. The van der Waals surface area contributed by atoms with E-state index >= 15 is 0 Å². The van der Waals surface area contributed by atoms with Crippen LogP contribution in [0.1, 0.15) is 59.9 Å². The fraction of sp³-hybridized carbons (Fsp3) is 0.600. The van der Waals surface area contributed by atoms with Crippen molar-refractivity contribution in [2.45, 2.75) is 60.9 Å². The van der Waals surface area contributed by atoms with Crippen LogP contribution in [0.3, 0.4) is 0 Å². The van der Waals surface area contributed by atoms with E-state index in [4.69, 9.17) is 0 Å². The molecule has 166 valence electrons.